The molecule has 1 aromatic rings. The number of methoxy groups -OCH3 is 3. The lowest BCUT2D eigenvalue weighted by Gasteiger charge is -2.17. The molecule has 0 aliphatic heterocycles. The maximum atomic E-state index is 10.8. The molecule has 0 unspecified atom stereocenters. The van der Waals surface area contributed by atoms with Crippen LogP contribution in [0.15, 0.2) is 12.1 Å². The molecule has 6 nitrogen and oxygen atoms in total. The fourth-order valence-corrected chi connectivity index (χ4v) is 1.54. The zero-order valence-electron chi connectivity index (χ0n) is 10.9. The van der Waals surface area contributed by atoms with Crippen LogP contribution in [-0.4, -0.2) is 44.5 Å². The summed E-state index contributed by atoms with van der Waals surface area (Å²) in [5, 5.41) is 8.86. The number of hydrogen-bond donors (Lipinski definition) is 1. The SMILES string of the molecule is COc1cc(OC)c(OC)cc1CN(C)C(=O)O. The first-order chi connectivity index (χ1) is 8.53. The molecule has 0 aliphatic carbocycles. The highest BCUT2D eigenvalue weighted by molar-refractivity contribution is 5.65. The Morgan fingerprint density at radius 1 is 1.11 bits per heavy atom. The van der Waals surface area contributed by atoms with E-state index in [-0.39, 0.29) is 6.54 Å². The van der Waals surface area contributed by atoms with Crippen molar-refractivity contribution in [3.05, 3.63) is 17.7 Å². The summed E-state index contributed by atoms with van der Waals surface area (Å²) in [5.74, 6) is 1.63. The Labute approximate surface area is 106 Å². The number of hydrogen-bond acceptors (Lipinski definition) is 4. The average molecular weight is 255 g/mol. The van der Waals surface area contributed by atoms with E-state index >= 15 is 0 Å². The molecule has 1 amide bonds. The maximum Gasteiger partial charge on any atom is 0.407 e. The van der Waals surface area contributed by atoms with Crippen LogP contribution in [0, 0.1) is 0 Å². The number of amides is 1. The van der Waals surface area contributed by atoms with Crippen LogP contribution in [0.3, 0.4) is 0 Å². The highest BCUT2D eigenvalue weighted by atomic mass is 16.5. The Bertz CT molecular complexity index is 433. The summed E-state index contributed by atoms with van der Waals surface area (Å²) >= 11 is 0. The molecule has 0 saturated carbocycles. The van der Waals surface area contributed by atoms with Crippen molar-refractivity contribution >= 4 is 6.09 Å². The summed E-state index contributed by atoms with van der Waals surface area (Å²) in [4.78, 5) is 12.0. The molecule has 1 N–H and O–H groups in total. The van der Waals surface area contributed by atoms with E-state index in [4.69, 9.17) is 19.3 Å². The van der Waals surface area contributed by atoms with Gasteiger partial charge in [-0.2, -0.15) is 0 Å². The molecular formula is C12H17NO5. The molecule has 6 heteroatoms. The van der Waals surface area contributed by atoms with Gasteiger partial charge in [0, 0.05) is 18.7 Å². The van der Waals surface area contributed by atoms with E-state index in [1.165, 1.54) is 28.4 Å². The van der Waals surface area contributed by atoms with Crippen LogP contribution >= 0.6 is 0 Å². The van der Waals surface area contributed by atoms with Crippen LogP contribution in [0.5, 0.6) is 17.2 Å². The quantitative estimate of drug-likeness (QED) is 0.869. The molecule has 100 valence electrons. The normalized spacial score (nSPS) is 9.78. The number of rotatable bonds is 5. The molecule has 0 aliphatic rings. The molecule has 1 aromatic carbocycles. The number of nitrogens with zero attached hydrogens (tertiary/aromatic N) is 1. The second-order valence-electron chi connectivity index (χ2n) is 3.66. The highest BCUT2D eigenvalue weighted by Gasteiger charge is 2.15. The van der Waals surface area contributed by atoms with E-state index in [1.807, 2.05) is 0 Å². The molecular weight excluding hydrogens is 238 g/mol. The van der Waals surface area contributed by atoms with Gasteiger partial charge in [-0.05, 0) is 6.07 Å². The number of benzene rings is 1. The molecule has 18 heavy (non-hydrogen) atoms. The largest absolute Gasteiger partial charge is 0.496 e. The van der Waals surface area contributed by atoms with E-state index in [0.717, 1.165) is 4.90 Å². The zero-order chi connectivity index (χ0) is 13.7. The standard InChI is InChI=1S/C12H17NO5/c1-13(12(14)15)7-8-5-10(17-3)11(18-4)6-9(8)16-2/h5-6H,7H2,1-4H3,(H,14,15). The summed E-state index contributed by atoms with van der Waals surface area (Å²) in [6.45, 7) is 0.207. The fourth-order valence-electron chi connectivity index (χ4n) is 1.54. The smallest absolute Gasteiger partial charge is 0.407 e. The molecule has 0 bridgehead atoms. The van der Waals surface area contributed by atoms with Gasteiger partial charge in [-0.15, -0.1) is 0 Å². The first kappa shape index (κ1) is 14.0. The lowest BCUT2D eigenvalue weighted by atomic mass is 10.1. The summed E-state index contributed by atoms with van der Waals surface area (Å²) < 4.78 is 15.5. The van der Waals surface area contributed by atoms with Crippen molar-refractivity contribution in [1.29, 1.82) is 0 Å². The van der Waals surface area contributed by atoms with Crippen LogP contribution in [0.25, 0.3) is 0 Å². The van der Waals surface area contributed by atoms with Crippen LogP contribution in [0.2, 0.25) is 0 Å². The Morgan fingerprint density at radius 2 is 1.61 bits per heavy atom. The van der Waals surface area contributed by atoms with Crippen molar-refractivity contribution in [3.63, 3.8) is 0 Å². The summed E-state index contributed by atoms with van der Waals surface area (Å²) in [7, 11) is 6.05. The van der Waals surface area contributed by atoms with Crippen LogP contribution in [-0.2, 0) is 6.54 Å². The second-order valence-corrected chi connectivity index (χ2v) is 3.66. The highest BCUT2D eigenvalue weighted by Crippen LogP contribution is 2.35. The molecule has 0 spiro atoms. The Hall–Kier alpha value is -2.11. The topological polar surface area (TPSA) is 68.2 Å². The van der Waals surface area contributed by atoms with Gasteiger partial charge in [-0.25, -0.2) is 4.79 Å². The number of carbonyl (C=O) groups is 1. The molecule has 0 heterocycles. The van der Waals surface area contributed by atoms with Gasteiger partial charge in [0.15, 0.2) is 11.5 Å². The van der Waals surface area contributed by atoms with Gasteiger partial charge < -0.3 is 24.2 Å². The van der Waals surface area contributed by atoms with Crippen molar-refractivity contribution in [2.75, 3.05) is 28.4 Å². The molecule has 0 radical (unpaired) electrons. The van der Waals surface area contributed by atoms with Gasteiger partial charge in [0.1, 0.15) is 5.75 Å². The van der Waals surface area contributed by atoms with Gasteiger partial charge >= 0.3 is 6.09 Å². The van der Waals surface area contributed by atoms with Crippen LogP contribution in [0.1, 0.15) is 5.56 Å². The minimum absolute atomic E-state index is 0.207. The minimum Gasteiger partial charge on any atom is -0.496 e. The summed E-state index contributed by atoms with van der Waals surface area (Å²) in [6, 6.07) is 3.38. The average Bonchev–Trinajstić information content (AvgIpc) is 2.37. The first-order valence-corrected chi connectivity index (χ1v) is 5.26. The molecule has 0 saturated heterocycles. The van der Waals surface area contributed by atoms with Crippen molar-refractivity contribution in [3.8, 4) is 17.2 Å². The summed E-state index contributed by atoms with van der Waals surface area (Å²) in [5.41, 5.74) is 0.708. The lowest BCUT2D eigenvalue weighted by Crippen LogP contribution is -2.24. The van der Waals surface area contributed by atoms with Gasteiger partial charge in [0.2, 0.25) is 0 Å². The van der Waals surface area contributed by atoms with E-state index in [1.54, 1.807) is 12.1 Å². The van der Waals surface area contributed by atoms with Crippen LogP contribution < -0.4 is 14.2 Å². The van der Waals surface area contributed by atoms with E-state index in [9.17, 15) is 4.79 Å². The van der Waals surface area contributed by atoms with Crippen molar-refractivity contribution < 1.29 is 24.1 Å². The number of carboxylic acid groups (broad SMARTS) is 1. The fraction of sp³-hybridized carbons (Fsp3) is 0.417. The Morgan fingerprint density at radius 3 is 2.06 bits per heavy atom. The molecule has 0 fully saturated rings. The Balaban J connectivity index is 3.13. The van der Waals surface area contributed by atoms with Crippen LogP contribution in [0.4, 0.5) is 4.79 Å². The summed E-state index contributed by atoms with van der Waals surface area (Å²) in [6.07, 6.45) is -1.01. The van der Waals surface area contributed by atoms with Crippen molar-refractivity contribution in [2.45, 2.75) is 6.54 Å². The first-order valence-electron chi connectivity index (χ1n) is 5.26. The molecule has 0 aromatic heterocycles. The van der Waals surface area contributed by atoms with Crippen molar-refractivity contribution in [1.82, 2.24) is 4.90 Å². The Kier molecular flexibility index (Phi) is 4.65. The molecule has 1 rings (SSSR count). The monoisotopic (exact) mass is 255 g/mol. The predicted molar refractivity (Wildman–Crippen MR) is 65.6 cm³/mol. The van der Waals surface area contributed by atoms with E-state index < -0.39 is 6.09 Å². The minimum atomic E-state index is -1.01. The van der Waals surface area contributed by atoms with Crippen molar-refractivity contribution in [2.24, 2.45) is 0 Å². The third-order valence-corrected chi connectivity index (χ3v) is 2.52. The van der Waals surface area contributed by atoms with Gasteiger partial charge in [-0.1, -0.05) is 0 Å². The van der Waals surface area contributed by atoms with E-state index in [0.29, 0.717) is 22.8 Å². The maximum absolute atomic E-state index is 10.8. The zero-order valence-corrected chi connectivity index (χ0v) is 10.9. The number of ether oxygens (including phenoxy) is 3. The van der Waals surface area contributed by atoms with Gasteiger partial charge in [0.05, 0.1) is 27.9 Å². The van der Waals surface area contributed by atoms with Gasteiger partial charge in [-0.3, -0.25) is 0 Å². The third kappa shape index (κ3) is 2.97. The predicted octanol–water partition coefficient (Wildman–Crippen LogP) is 1.82. The third-order valence-electron chi connectivity index (χ3n) is 2.52. The van der Waals surface area contributed by atoms with E-state index in [2.05, 4.69) is 0 Å². The lowest BCUT2D eigenvalue weighted by molar-refractivity contribution is 0.153. The van der Waals surface area contributed by atoms with Gasteiger partial charge in [0.25, 0.3) is 0 Å². The molecule has 0 atom stereocenters. The second kappa shape index (κ2) is 6.00.